The third-order valence-electron chi connectivity index (χ3n) is 4.58. The van der Waals surface area contributed by atoms with E-state index in [2.05, 4.69) is 5.32 Å². The third kappa shape index (κ3) is 2.65. The van der Waals surface area contributed by atoms with Gasteiger partial charge in [-0.3, -0.25) is 14.5 Å². The summed E-state index contributed by atoms with van der Waals surface area (Å²) in [5.41, 5.74) is 7.81. The summed E-state index contributed by atoms with van der Waals surface area (Å²) >= 11 is 0. The van der Waals surface area contributed by atoms with Gasteiger partial charge in [0.15, 0.2) is 0 Å². The Labute approximate surface area is 124 Å². The molecule has 2 aliphatic rings. The van der Waals surface area contributed by atoms with Crippen molar-refractivity contribution in [2.24, 2.45) is 11.7 Å². The topological polar surface area (TPSA) is 75.4 Å². The Hall–Kier alpha value is -1.88. The maximum atomic E-state index is 12.0. The van der Waals surface area contributed by atoms with Gasteiger partial charge >= 0.3 is 0 Å². The van der Waals surface area contributed by atoms with Crippen LogP contribution in [-0.4, -0.2) is 36.3 Å². The molecule has 1 heterocycles. The van der Waals surface area contributed by atoms with E-state index < -0.39 is 0 Å². The van der Waals surface area contributed by atoms with Crippen molar-refractivity contribution in [1.29, 1.82) is 0 Å². The van der Waals surface area contributed by atoms with Crippen molar-refractivity contribution in [2.45, 2.75) is 31.7 Å². The molecule has 3 N–H and O–H groups in total. The monoisotopic (exact) mass is 287 g/mol. The Morgan fingerprint density at radius 2 is 1.81 bits per heavy atom. The largest absolute Gasteiger partial charge is 0.385 e. The van der Waals surface area contributed by atoms with Crippen molar-refractivity contribution in [3.8, 4) is 0 Å². The fourth-order valence-corrected chi connectivity index (χ4v) is 3.13. The van der Waals surface area contributed by atoms with E-state index in [1.54, 1.807) is 12.1 Å². The van der Waals surface area contributed by atoms with Gasteiger partial charge in [-0.15, -0.1) is 0 Å². The quantitative estimate of drug-likeness (QED) is 0.832. The molecular formula is C16H21N3O2. The van der Waals surface area contributed by atoms with Crippen LogP contribution in [0, 0.1) is 5.92 Å². The number of fused-ring (bicyclic) bond motifs is 1. The molecule has 0 aromatic heterocycles. The van der Waals surface area contributed by atoms with Crippen molar-refractivity contribution >= 4 is 17.5 Å². The first-order chi connectivity index (χ1) is 10.1. The summed E-state index contributed by atoms with van der Waals surface area (Å²) in [5, 5.41) is 3.39. The summed E-state index contributed by atoms with van der Waals surface area (Å²) in [6, 6.07) is 5.75. The molecule has 1 aliphatic heterocycles. The fraction of sp³-hybridized carbons (Fsp3) is 0.500. The van der Waals surface area contributed by atoms with Crippen LogP contribution in [0.15, 0.2) is 18.2 Å². The van der Waals surface area contributed by atoms with E-state index in [1.807, 2.05) is 6.07 Å². The van der Waals surface area contributed by atoms with Gasteiger partial charge in [0.1, 0.15) is 0 Å². The standard InChI is InChI=1S/C16H21N3O2/c1-19-15(20)13-7-6-12(8-14(13)16(19)21)18-9-10-2-4-11(17)5-3-10/h6-8,10-11,18H,2-5,9,17H2,1H3/t10-,11-. The van der Waals surface area contributed by atoms with Crippen LogP contribution >= 0.6 is 0 Å². The van der Waals surface area contributed by atoms with Crippen LogP contribution < -0.4 is 11.1 Å². The van der Waals surface area contributed by atoms with Crippen LogP contribution in [0.5, 0.6) is 0 Å². The number of benzene rings is 1. The highest BCUT2D eigenvalue weighted by Crippen LogP contribution is 2.26. The molecule has 1 saturated carbocycles. The van der Waals surface area contributed by atoms with Crippen molar-refractivity contribution in [1.82, 2.24) is 4.90 Å². The van der Waals surface area contributed by atoms with Gasteiger partial charge in [0.05, 0.1) is 11.1 Å². The van der Waals surface area contributed by atoms with E-state index in [0.29, 0.717) is 23.1 Å². The number of imide groups is 1. The van der Waals surface area contributed by atoms with Gasteiger partial charge < -0.3 is 11.1 Å². The lowest BCUT2D eigenvalue weighted by molar-refractivity contribution is 0.0693. The highest BCUT2D eigenvalue weighted by molar-refractivity contribution is 6.21. The van der Waals surface area contributed by atoms with Crippen molar-refractivity contribution < 1.29 is 9.59 Å². The lowest BCUT2D eigenvalue weighted by atomic mass is 9.86. The molecule has 5 nitrogen and oxygen atoms in total. The van der Waals surface area contributed by atoms with Gasteiger partial charge in [-0.1, -0.05) is 0 Å². The molecule has 5 heteroatoms. The molecule has 0 atom stereocenters. The average molecular weight is 287 g/mol. The number of anilines is 1. The second-order valence-corrected chi connectivity index (χ2v) is 6.09. The number of nitrogens with zero attached hydrogens (tertiary/aromatic N) is 1. The molecule has 112 valence electrons. The fourth-order valence-electron chi connectivity index (χ4n) is 3.13. The van der Waals surface area contributed by atoms with E-state index in [9.17, 15) is 9.59 Å². The zero-order chi connectivity index (χ0) is 15.0. The molecule has 1 fully saturated rings. The Bertz CT molecular complexity index is 577. The van der Waals surface area contributed by atoms with Crippen molar-refractivity contribution in [2.75, 3.05) is 18.9 Å². The minimum Gasteiger partial charge on any atom is -0.385 e. The van der Waals surface area contributed by atoms with Crippen molar-refractivity contribution in [3.05, 3.63) is 29.3 Å². The lowest BCUT2D eigenvalue weighted by Crippen LogP contribution is -2.29. The smallest absolute Gasteiger partial charge is 0.261 e. The molecule has 1 aromatic carbocycles. The molecule has 0 bridgehead atoms. The van der Waals surface area contributed by atoms with Crippen molar-refractivity contribution in [3.63, 3.8) is 0 Å². The molecule has 1 aromatic rings. The molecule has 1 aliphatic carbocycles. The third-order valence-corrected chi connectivity index (χ3v) is 4.58. The van der Waals surface area contributed by atoms with Gasteiger partial charge in [0.25, 0.3) is 11.8 Å². The summed E-state index contributed by atoms with van der Waals surface area (Å²) in [6.45, 7) is 0.892. The highest BCUT2D eigenvalue weighted by atomic mass is 16.2. The summed E-state index contributed by atoms with van der Waals surface area (Å²) in [7, 11) is 1.52. The SMILES string of the molecule is CN1C(=O)c2ccc(NC[C@H]3CC[C@H](N)CC3)cc2C1=O. The van der Waals surface area contributed by atoms with Crippen LogP contribution in [0.4, 0.5) is 5.69 Å². The number of nitrogens with two attached hydrogens (primary N) is 1. The normalized spacial score (nSPS) is 25.1. The Morgan fingerprint density at radius 1 is 1.14 bits per heavy atom. The van der Waals surface area contributed by atoms with Crippen LogP contribution in [0.2, 0.25) is 0 Å². The molecule has 3 rings (SSSR count). The predicted octanol–water partition coefficient (Wildman–Crippen LogP) is 1.84. The number of carbonyl (C=O) groups is 2. The minimum atomic E-state index is -0.220. The molecule has 21 heavy (non-hydrogen) atoms. The molecule has 2 amide bonds. The molecule has 0 saturated heterocycles. The number of rotatable bonds is 3. The minimum absolute atomic E-state index is 0.220. The van der Waals surface area contributed by atoms with Gasteiger partial charge in [-0.05, 0) is 49.8 Å². The maximum absolute atomic E-state index is 12.0. The number of hydrogen-bond donors (Lipinski definition) is 2. The molecular weight excluding hydrogens is 266 g/mol. The molecule has 0 radical (unpaired) electrons. The molecule has 0 unspecified atom stereocenters. The second kappa shape index (κ2) is 5.48. The zero-order valence-corrected chi connectivity index (χ0v) is 12.3. The predicted molar refractivity (Wildman–Crippen MR) is 81.3 cm³/mol. The Kier molecular flexibility index (Phi) is 3.68. The number of amides is 2. The Balaban J connectivity index is 1.66. The van der Waals surface area contributed by atoms with E-state index in [4.69, 9.17) is 5.73 Å². The summed E-state index contributed by atoms with van der Waals surface area (Å²) in [5.74, 6) is 0.197. The van der Waals surface area contributed by atoms with Gasteiger partial charge in [-0.25, -0.2) is 0 Å². The highest BCUT2D eigenvalue weighted by Gasteiger charge is 2.32. The number of hydrogen-bond acceptors (Lipinski definition) is 4. The van der Waals surface area contributed by atoms with Gasteiger partial charge in [0.2, 0.25) is 0 Å². The number of carbonyl (C=O) groups excluding carboxylic acids is 2. The van der Waals surface area contributed by atoms with E-state index in [0.717, 1.165) is 42.8 Å². The van der Waals surface area contributed by atoms with Gasteiger partial charge in [-0.2, -0.15) is 0 Å². The van der Waals surface area contributed by atoms with E-state index >= 15 is 0 Å². The van der Waals surface area contributed by atoms with E-state index in [1.165, 1.54) is 7.05 Å². The Morgan fingerprint density at radius 3 is 2.52 bits per heavy atom. The van der Waals surface area contributed by atoms with E-state index in [-0.39, 0.29) is 11.8 Å². The molecule has 0 spiro atoms. The van der Waals surface area contributed by atoms with Gasteiger partial charge in [0, 0.05) is 25.3 Å². The first-order valence-electron chi connectivity index (χ1n) is 7.52. The summed E-state index contributed by atoms with van der Waals surface area (Å²) in [6.07, 6.45) is 4.49. The summed E-state index contributed by atoms with van der Waals surface area (Å²) in [4.78, 5) is 25.0. The summed E-state index contributed by atoms with van der Waals surface area (Å²) < 4.78 is 0. The van der Waals surface area contributed by atoms with Crippen LogP contribution in [-0.2, 0) is 0 Å². The zero-order valence-electron chi connectivity index (χ0n) is 12.3. The number of nitrogens with one attached hydrogen (secondary N) is 1. The second-order valence-electron chi connectivity index (χ2n) is 6.09. The average Bonchev–Trinajstić information content (AvgIpc) is 2.71. The first kappa shape index (κ1) is 14.1. The van der Waals surface area contributed by atoms with Crippen LogP contribution in [0.3, 0.4) is 0 Å². The van der Waals surface area contributed by atoms with Crippen LogP contribution in [0.1, 0.15) is 46.4 Å². The lowest BCUT2D eigenvalue weighted by Gasteiger charge is -2.26. The first-order valence-corrected chi connectivity index (χ1v) is 7.52. The van der Waals surface area contributed by atoms with Crippen LogP contribution in [0.25, 0.3) is 0 Å². The maximum Gasteiger partial charge on any atom is 0.261 e.